The Labute approximate surface area is 182 Å². The highest BCUT2D eigenvalue weighted by atomic mass is 19.3. The van der Waals surface area contributed by atoms with Crippen LogP contribution in [-0.4, -0.2) is 30.2 Å². The van der Waals surface area contributed by atoms with E-state index >= 15 is 0 Å². The summed E-state index contributed by atoms with van der Waals surface area (Å²) in [6.45, 7) is 3.45. The van der Waals surface area contributed by atoms with Crippen molar-refractivity contribution in [3.8, 4) is 17.2 Å². The largest absolute Gasteiger partial charge is 0.493 e. The lowest BCUT2D eigenvalue weighted by molar-refractivity contribution is -0.131. The number of esters is 1. The molecule has 0 bridgehead atoms. The normalized spacial score (nSPS) is 11.3. The molecule has 0 saturated carbocycles. The van der Waals surface area contributed by atoms with Crippen molar-refractivity contribution in [1.29, 1.82) is 0 Å². The lowest BCUT2D eigenvalue weighted by Crippen LogP contribution is -2.14. The number of methoxy groups -OCH3 is 1. The Morgan fingerprint density at radius 3 is 2.19 bits per heavy atom. The standard InChI is InChI=1S/C23H22F3NO5/c1-11(2)18-19-17(10-16(24)21(18)30-5)27(12(3)20(19)31-13(4)28)22(29)14-6-8-15(9-7-14)32-23(25)26/h6-11,23H,1-5H3. The van der Waals surface area contributed by atoms with Crippen LogP contribution in [-0.2, 0) is 4.79 Å². The Hall–Kier alpha value is -3.49. The van der Waals surface area contributed by atoms with Gasteiger partial charge in [0.2, 0.25) is 0 Å². The molecule has 0 unspecified atom stereocenters. The average Bonchev–Trinajstić information content (AvgIpc) is 2.96. The van der Waals surface area contributed by atoms with Gasteiger partial charge in [-0.05, 0) is 37.1 Å². The topological polar surface area (TPSA) is 66.8 Å². The Balaban J connectivity index is 2.28. The van der Waals surface area contributed by atoms with Crippen LogP contribution in [0.25, 0.3) is 10.9 Å². The number of aromatic nitrogens is 1. The van der Waals surface area contributed by atoms with Gasteiger partial charge in [0.1, 0.15) is 5.75 Å². The molecule has 0 radical (unpaired) electrons. The smallest absolute Gasteiger partial charge is 0.387 e. The zero-order valence-corrected chi connectivity index (χ0v) is 18.2. The number of hydrogen-bond donors (Lipinski definition) is 0. The lowest BCUT2D eigenvalue weighted by Gasteiger charge is -2.15. The molecule has 0 aliphatic heterocycles. The van der Waals surface area contributed by atoms with E-state index in [4.69, 9.17) is 9.47 Å². The molecule has 3 rings (SSSR count). The molecule has 6 nitrogen and oxygen atoms in total. The molecule has 2 aromatic carbocycles. The number of ether oxygens (including phenoxy) is 3. The number of halogens is 3. The van der Waals surface area contributed by atoms with E-state index in [9.17, 15) is 22.8 Å². The van der Waals surface area contributed by atoms with Gasteiger partial charge in [-0.1, -0.05) is 13.8 Å². The minimum atomic E-state index is -2.99. The third-order valence-electron chi connectivity index (χ3n) is 4.94. The van der Waals surface area contributed by atoms with E-state index in [0.717, 1.165) is 6.07 Å². The second kappa shape index (κ2) is 8.94. The molecule has 0 saturated heterocycles. The first-order chi connectivity index (χ1) is 15.1. The summed E-state index contributed by atoms with van der Waals surface area (Å²) in [5.74, 6) is -2.05. The Morgan fingerprint density at radius 1 is 1.06 bits per heavy atom. The molecule has 0 N–H and O–H groups in total. The van der Waals surface area contributed by atoms with Gasteiger partial charge in [-0.25, -0.2) is 4.39 Å². The molecule has 170 valence electrons. The molecule has 0 fully saturated rings. The number of hydrogen-bond acceptors (Lipinski definition) is 5. The van der Waals surface area contributed by atoms with Crippen LogP contribution in [0.1, 0.15) is 48.3 Å². The van der Waals surface area contributed by atoms with Crippen LogP contribution in [0.15, 0.2) is 30.3 Å². The zero-order chi connectivity index (χ0) is 23.7. The molecule has 0 amide bonds. The summed E-state index contributed by atoms with van der Waals surface area (Å²) in [4.78, 5) is 25.1. The van der Waals surface area contributed by atoms with E-state index < -0.39 is 24.3 Å². The summed E-state index contributed by atoms with van der Waals surface area (Å²) < 4.78 is 55.9. The minimum Gasteiger partial charge on any atom is -0.493 e. The maximum absolute atomic E-state index is 14.9. The third kappa shape index (κ3) is 4.15. The van der Waals surface area contributed by atoms with Gasteiger partial charge >= 0.3 is 12.6 Å². The second-order valence-corrected chi connectivity index (χ2v) is 7.41. The number of benzene rings is 2. The van der Waals surface area contributed by atoms with Crippen LogP contribution in [0, 0.1) is 12.7 Å². The van der Waals surface area contributed by atoms with Crippen molar-refractivity contribution in [2.75, 3.05) is 7.11 Å². The summed E-state index contributed by atoms with van der Waals surface area (Å²) in [6.07, 6.45) is 0. The van der Waals surface area contributed by atoms with E-state index in [2.05, 4.69) is 4.74 Å². The van der Waals surface area contributed by atoms with Gasteiger partial charge in [-0.15, -0.1) is 0 Å². The summed E-state index contributed by atoms with van der Waals surface area (Å²) in [5, 5.41) is 0.386. The first-order valence-electron chi connectivity index (χ1n) is 9.76. The van der Waals surface area contributed by atoms with Crippen LogP contribution in [0.4, 0.5) is 13.2 Å². The second-order valence-electron chi connectivity index (χ2n) is 7.41. The predicted octanol–water partition coefficient (Wildman–Crippen LogP) is 5.44. The van der Waals surface area contributed by atoms with E-state index in [1.54, 1.807) is 6.92 Å². The van der Waals surface area contributed by atoms with E-state index in [-0.39, 0.29) is 39.9 Å². The fraction of sp³-hybridized carbons (Fsp3) is 0.304. The maximum Gasteiger partial charge on any atom is 0.387 e. The van der Waals surface area contributed by atoms with Crippen molar-refractivity contribution in [1.82, 2.24) is 4.57 Å². The summed E-state index contributed by atoms with van der Waals surface area (Å²) in [5.41, 5.74) is 1.07. The quantitative estimate of drug-likeness (QED) is 0.469. The number of carbonyl (C=O) groups is 2. The number of carbonyl (C=O) groups excluding carboxylic acids is 2. The van der Waals surface area contributed by atoms with Crippen molar-refractivity contribution in [2.45, 2.75) is 40.2 Å². The molecular formula is C23H22F3NO5. The highest BCUT2D eigenvalue weighted by Gasteiger charge is 2.29. The van der Waals surface area contributed by atoms with Crippen LogP contribution in [0.3, 0.4) is 0 Å². The van der Waals surface area contributed by atoms with Gasteiger partial charge in [0, 0.05) is 24.1 Å². The van der Waals surface area contributed by atoms with E-state index in [1.165, 1.54) is 42.9 Å². The average molecular weight is 449 g/mol. The van der Waals surface area contributed by atoms with Gasteiger partial charge in [-0.2, -0.15) is 8.78 Å². The minimum absolute atomic E-state index is 0.000924. The fourth-order valence-corrected chi connectivity index (χ4v) is 3.71. The molecular weight excluding hydrogens is 427 g/mol. The molecule has 0 aliphatic rings. The fourth-order valence-electron chi connectivity index (χ4n) is 3.71. The molecule has 0 spiro atoms. The van der Waals surface area contributed by atoms with Crippen molar-refractivity contribution in [3.05, 3.63) is 53.0 Å². The van der Waals surface area contributed by atoms with Crippen LogP contribution in [0.2, 0.25) is 0 Å². The van der Waals surface area contributed by atoms with Gasteiger partial charge in [0.15, 0.2) is 17.3 Å². The molecule has 32 heavy (non-hydrogen) atoms. The molecule has 1 heterocycles. The third-order valence-corrected chi connectivity index (χ3v) is 4.94. The Kier molecular flexibility index (Phi) is 6.47. The van der Waals surface area contributed by atoms with Gasteiger partial charge in [0.05, 0.1) is 23.7 Å². The SMILES string of the molecule is COc1c(F)cc2c(c(OC(C)=O)c(C)n2C(=O)c2ccc(OC(F)F)cc2)c1C(C)C. The number of alkyl halides is 2. The van der Waals surface area contributed by atoms with Crippen LogP contribution < -0.4 is 14.2 Å². The molecule has 0 atom stereocenters. The first kappa shape index (κ1) is 23.2. The first-order valence-corrected chi connectivity index (χ1v) is 9.76. The molecule has 9 heteroatoms. The lowest BCUT2D eigenvalue weighted by atomic mass is 9.97. The summed E-state index contributed by atoms with van der Waals surface area (Å²) >= 11 is 0. The number of nitrogens with zero attached hydrogens (tertiary/aromatic N) is 1. The summed E-state index contributed by atoms with van der Waals surface area (Å²) in [6, 6.07) is 6.25. The maximum atomic E-state index is 14.9. The Morgan fingerprint density at radius 2 is 1.69 bits per heavy atom. The predicted molar refractivity (Wildman–Crippen MR) is 111 cm³/mol. The number of rotatable bonds is 6. The molecule has 3 aromatic rings. The van der Waals surface area contributed by atoms with Gasteiger partial charge in [-0.3, -0.25) is 14.2 Å². The van der Waals surface area contributed by atoms with E-state index in [1.807, 2.05) is 13.8 Å². The highest BCUT2D eigenvalue weighted by Crippen LogP contribution is 2.44. The van der Waals surface area contributed by atoms with Crippen molar-refractivity contribution >= 4 is 22.8 Å². The Bertz CT molecular complexity index is 1180. The van der Waals surface area contributed by atoms with Crippen molar-refractivity contribution < 1.29 is 37.0 Å². The highest BCUT2D eigenvalue weighted by molar-refractivity contribution is 6.07. The zero-order valence-electron chi connectivity index (χ0n) is 18.2. The molecule has 1 aromatic heterocycles. The van der Waals surface area contributed by atoms with Crippen molar-refractivity contribution in [3.63, 3.8) is 0 Å². The van der Waals surface area contributed by atoms with Crippen LogP contribution in [0.5, 0.6) is 17.2 Å². The molecule has 0 aliphatic carbocycles. The monoisotopic (exact) mass is 449 g/mol. The van der Waals surface area contributed by atoms with Gasteiger partial charge in [0.25, 0.3) is 5.91 Å². The van der Waals surface area contributed by atoms with Crippen molar-refractivity contribution in [2.24, 2.45) is 0 Å². The summed E-state index contributed by atoms with van der Waals surface area (Å²) in [7, 11) is 1.33. The van der Waals surface area contributed by atoms with E-state index in [0.29, 0.717) is 10.9 Å². The van der Waals surface area contributed by atoms with Crippen LogP contribution >= 0.6 is 0 Å². The van der Waals surface area contributed by atoms with Gasteiger partial charge < -0.3 is 14.2 Å². The number of fused-ring (bicyclic) bond motifs is 1.